The van der Waals surface area contributed by atoms with Crippen LogP contribution in [0.3, 0.4) is 0 Å². The lowest BCUT2D eigenvalue weighted by Crippen LogP contribution is -2.51. The summed E-state index contributed by atoms with van der Waals surface area (Å²) in [4.78, 5) is 29.1. The molecule has 170 valence electrons. The summed E-state index contributed by atoms with van der Waals surface area (Å²) in [6.07, 6.45) is 1.49. The SMILES string of the molecule is CC(=O)N1c2ccc(-c3ccc(Oc4ccccc4)cc3)cc2N(C(=O)c2ccco2)CC1C. The van der Waals surface area contributed by atoms with Crippen molar-refractivity contribution in [3.8, 4) is 22.6 Å². The standard InChI is InChI=1S/C28H24N2O4/c1-19-18-29(28(32)27-9-6-16-33-27)26-17-22(12-15-25(26)30(19)20(2)31)21-10-13-24(14-11-21)34-23-7-4-3-5-8-23/h3-17,19H,18H2,1-2H3. The maximum atomic E-state index is 13.2. The highest BCUT2D eigenvalue weighted by Crippen LogP contribution is 2.40. The molecule has 34 heavy (non-hydrogen) atoms. The van der Waals surface area contributed by atoms with Gasteiger partial charge in [-0.25, -0.2) is 0 Å². The van der Waals surface area contributed by atoms with Crippen molar-refractivity contribution in [2.45, 2.75) is 19.9 Å². The lowest BCUT2D eigenvalue weighted by atomic mass is 10.00. The minimum absolute atomic E-state index is 0.0611. The Morgan fingerprint density at radius 2 is 1.56 bits per heavy atom. The molecule has 0 fully saturated rings. The van der Waals surface area contributed by atoms with Gasteiger partial charge in [0.2, 0.25) is 5.91 Å². The first-order valence-corrected chi connectivity index (χ1v) is 11.1. The quantitative estimate of drug-likeness (QED) is 0.373. The largest absolute Gasteiger partial charge is 0.459 e. The first-order valence-electron chi connectivity index (χ1n) is 11.1. The van der Waals surface area contributed by atoms with Crippen molar-refractivity contribution in [1.29, 1.82) is 0 Å². The molecule has 0 saturated carbocycles. The van der Waals surface area contributed by atoms with Gasteiger partial charge in [-0.15, -0.1) is 0 Å². The van der Waals surface area contributed by atoms with Crippen LogP contribution in [0.1, 0.15) is 24.4 Å². The summed E-state index contributed by atoms with van der Waals surface area (Å²) in [5.74, 6) is 1.48. The first-order chi connectivity index (χ1) is 16.5. The Hall–Kier alpha value is -4.32. The highest BCUT2D eigenvalue weighted by molar-refractivity contribution is 6.10. The van der Waals surface area contributed by atoms with Gasteiger partial charge >= 0.3 is 0 Å². The molecule has 1 aromatic heterocycles. The van der Waals surface area contributed by atoms with E-state index >= 15 is 0 Å². The molecule has 5 rings (SSSR count). The number of anilines is 2. The van der Waals surface area contributed by atoms with Gasteiger partial charge in [0, 0.05) is 13.5 Å². The van der Waals surface area contributed by atoms with Gasteiger partial charge in [-0.2, -0.15) is 0 Å². The number of benzene rings is 3. The minimum atomic E-state index is -0.231. The molecular formula is C28H24N2O4. The van der Waals surface area contributed by atoms with Gasteiger partial charge < -0.3 is 19.0 Å². The lowest BCUT2D eigenvalue weighted by molar-refractivity contribution is -0.117. The number of hydrogen-bond donors (Lipinski definition) is 0. The van der Waals surface area contributed by atoms with Crippen LogP contribution in [0.4, 0.5) is 11.4 Å². The van der Waals surface area contributed by atoms with Crippen LogP contribution >= 0.6 is 0 Å². The number of carbonyl (C=O) groups is 2. The fraction of sp³-hybridized carbons (Fsp3) is 0.143. The molecular weight excluding hydrogens is 428 g/mol. The molecule has 1 aliphatic heterocycles. The lowest BCUT2D eigenvalue weighted by Gasteiger charge is -2.40. The molecule has 6 heteroatoms. The van der Waals surface area contributed by atoms with E-state index in [1.165, 1.54) is 6.26 Å². The van der Waals surface area contributed by atoms with Crippen LogP contribution in [0, 0.1) is 0 Å². The smallest absolute Gasteiger partial charge is 0.294 e. The van der Waals surface area contributed by atoms with Gasteiger partial charge in [0.25, 0.3) is 5.91 Å². The number of rotatable bonds is 4. The molecule has 1 aliphatic rings. The Bertz CT molecular complexity index is 1310. The Morgan fingerprint density at radius 3 is 2.24 bits per heavy atom. The molecule has 0 aliphatic carbocycles. The van der Waals surface area contributed by atoms with E-state index in [0.717, 1.165) is 22.6 Å². The van der Waals surface area contributed by atoms with Crippen molar-refractivity contribution >= 4 is 23.2 Å². The second-order valence-electron chi connectivity index (χ2n) is 8.27. The van der Waals surface area contributed by atoms with Gasteiger partial charge in [-0.3, -0.25) is 9.59 Å². The number of para-hydroxylation sites is 1. The summed E-state index contributed by atoms with van der Waals surface area (Å²) in [6.45, 7) is 3.86. The van der Waals surface area contributed by atoms with Crippen LogP contribution < -0.4 is 14.5 Å². The summed E-state index contributed by atoms with van der Waals surface area (Å²) >= 11 is 0. The summed E-state index contributed by atoms with van der Waals surface area (Å²) in [5.41, 5.74) is 3.29. The second kappa shape index (κ2) is 8.90. The Kier molecular flexibility index (Phi) is 5.64. The Labute approximate surface area is 198 Å². The zero-order chi connectivity index (χ0) is 23.7. The predicted molar refractivity (Wildman–Crippen MR) is 131 cm³/mol. The van der Waals surface area contributed by atoms with Gasteiger partial charge in [-0.1, -0.05) is 36.4 Å². The number of hydrogen-bond acceptors (Lipinski definition) is 4. The Balaban J connectivity index is 1.50. The van der Waals surface area contributed by atoms with Gasteiger partial charge in [-0.05, 0) is 66.6 Å². The summed E-state index contributed by atoms with van der Waals surface area (Å²) in [6, 6.07) is 26.4. The highest BCUT2D eigenvalue weighted by Gasteiger charge is 2.35. The van der Waals surface area contributed by atoms with E-state index in [2.05, 4.69) is 0 Å². The molecule has 0 spiro atoms. The fourth-order valence-corrected chi connectivity index (χ4v) is 4.35. The van der Waals surface area contributed by atoms with Crippen molar-refractivity contribution in [2.24, 2.45) is 0 Å². The van der Waals surface area contributed by atoms with Crippen LogP contribution in [-0.4, -0.2) is 24.4 Å². The van der Waals surface area contributed by atoms with Crippen LogP contribution in [-0.2, 0) is 4.79 Å². The molecule has 3 aromatic carbocycles. The van der Waals surface area contributed by atoms with Crippen molar-refractivity contribution in [2.75, 3.05) is 16.3 Å². The molecule has 4 aromatic rings. The molecule has 2 amide bonds. The van der Waals surface area contributed by atoms with E-state index < -0.39 is 0 Å². The molecule has 6 nitrogen and oxygen atoms in total. The van der Waals surface area contributed by atoms with Gasteiger partial charge in [0.1, 0.15) is 11.5 Å². The first kappa shape index (κ1) is 21.5. The number of carbonyl (C=O) groups excluding carboxylic acids is 2. The average molecular weight is 453 g/mol. The van der Waals surface area contributed by atoms with Gasteiger partial charge in [0.15, 0.2) is 5.76 Å². The fourth-order valence-electron chi connectivity index (χ4n) is 4.35. The maximum Gasteiger partial charge on any atom is 0.294 e. The molecule has 0 bridgehead atoms. The third-order valence-electron chi connectivity index (χ3n) is 5.90. The van der Waals surface area contributed by atoms with Gasteiger partial charge in [0.05, 0.1) is 23.7 Å². The van der Waals surface area contributed by atoms with E-state index in [1.54, 1.807) is 28.9 Å². The number of fused-ring (bicyclic) bond motifs is 1. The van der Waals surface area contributed by atoms with Crippen molar-refractivity contribution in [3.05, 3.63) is 97.0 Å². The normalized spacial score (nSPS) is 15.1. The molecule has 0 saturated heterocycles. The molecule has 1 atom stereocenters. The van der Waals surface area contributed by atoms with E-state index in [1.807, 2.05) is 79.7 Å². The third-order valence-corrected chi connectivity index (χ3v) is 5.90. The highest BCUT2D eigenvalue weighted by atomic mass is 16.5. The van der Waals surface area contributed by atoms with Crippen LogP contribution in [0.2, 0.25) is 0 Å². The van der Waals surface area contributed by atoms with E-state index in [-0.39, 0.29) is 23.6 Å². The van der Waals surface area contributed by atoms with Crippen molar-refractivity contribution in [3.63, 3.8) is 0 Å². The van der Waals surface area contributed by atoms with Crippen molar-refractivity contribution in [1.82, 2.24) is 0 Å². The number of amides is 2. The topological polar surface area (TPSA) is 63.0 Å². The number of ether oxygens (including phenoxy) is 1. The van der Waals surface area contributed by atoms with Crippen LogP contribution in [0.25, 0.3) is 11.1 Å². The zero-order valence-electron chi connectivity index (χ0n) is 19.0. The average Bonchev–Trinajstić information content (AvgIpc) is 3.39. The second-order valence-corrected chi connectivity index (χ2v) is 8.27. The summed E-state index contributed by atoms with van der Waals surface area (Å²) in [5, 5.41) is 0. The molecule has 1 unspecified atom stereocenters. The van der Waals surface area contributed by atoms with Crippen LogP contribution in [0.5, 0.6) is 11.5 Å². The molecule has 0 N–H and O–H groups in total. The summed E-state index contributed by atoms with van der Waals surface area (Å²) < 4.78 is 11.3. The minimum Gasteiger partial charge on any atom is -0.459 e. The maximum absolute atomic E-state index is 13.2. The number of furan rings is 1. The predicted octanol–water partition coefficient (Wildman–Crippen LogP) is 6.14. The zero-order valence-corrected chi connectivity index (χ0v) is 19.0. The van der Waals surface area contributed by atoms with E-state index in [4.69, 9.17) is 9.15 Å². The van der Waals surface area contributed by atoms with E-state index in [9.17, 15) is 9.59 Å². The van der Waals surface area contributed by atoms with Crippen LogP contribution in [0.15, 0.2) is 95.6 Å². The number of nitrogens with zero attached hydrogens (tertiary/aromatic N) is 2. The summed E-state index contributed by atoms with van der Waals surface area (Å²) in [7, 11) is 0. The van der Waals surface area contributed by atoms with Crippen molar-refractivity contribution < 1.29 is 18.7 Å². The third kappa shape index (κ3) is 4.06. The monoisotopic (exact) mass is 452 g/mol. The molecule has 2 heterocycles. The molecule has 0 radical (unpaired) electrons. The van der Waals surface area contributed by atoms with E-state index in [0.29, 0.717) is 17.9 Å². The Morgan fingerprint density at radius 1 is 0.853 bits per heavy atom.